The minimum absolute atomic E-state index is 0.0141. The van der Waals surface area contributed by atoms with Crippen molar-refractivity contribution in [2.75, 3.05) is 0 Å². The Morgan fingerprint density at radius 2 is 2.14 bits per heavy atom. The number of hydrogen-bond acceptors (Lipinski definition) is 5. The summed E-state index contributed by atoms with van der Waals surface area (Å²) in [5.74, 6) is 0.167. The van der Waals surface area contributed by atoms with Crippen molar-refractivity contribution in [1.82, 2.24) is 0 Å². The van der Waals surface area contributed by atoms with Gasteiger partial charge in [-0.3, -0.25) is 9.59 Å². The number of ether oxygens (including phenoxy) is 2. The molecule has 0 saturated carbocycles. The van der Waals surface area contributed by atoms with Crippen molar-refractivity contribution < 1.29 is 24.2 Å². The van der Waals surface area contributed by atoms with E-state index >= 15 is 0 Å². The van der Waals surface area contributed by atoms with Gasteiger partial charge in [0.2, 0.25) is 6.29 Å². The number of hydrogen-bond donors (Lipinski definition) is 1. The predicted octanol–water partition coefficient (Wildman–Crippen LogP) is 2.02. The second-order valence-electron chi connectivity index (χ2n) is 6.52. The van der Waals surface area contributed by atoms with Crippen molar-refractivity contribution in [3.8, 4) is 0 Å². The van der Waals surface area contributed by atoms with Gasteiger partial charge in [-0.05, 0) is 30.6 Å². The van der Waals surface area contributed by atoms with Crippen LogP contribution in [0, 0.1) is 11.3 Å². The van der Waals surface area contributed by atoms with E-state index in [4.69, 9.17) is 9.47 Å². The summed E-state index contributed by atoms with van der Waals surface area (Å²) >= 11 is 0. The topological polar surface area (TPSA) is 72.8 Å². The van der Waals surface area contributed by atoms with Crippen LogP contribution in [-0.4, -0.2) is 29.3 Å². The third-order valence-electron chi connectivity index (χ3n) is 5.15. The highest BCUT2D eigenvalue weighted by Crippen LogP contribution is 2.54. The van der Waals surface area contributed by atoms with Gasteiger partial charge in [0.15, 0.2) is 5.78 Å². The zero-order valence-electron chi connectivity index (χ0n) is 13.2. The van der Waals surface area contributed by atoms with E-state index < -0.39 is 23.8 Å². The molecule has 1 heterocycles. The van der Waals surface area contributed by atoms with Gasteiger partial charge in [-0.2, -0.15) is 0 Å². The Hall–Kier alpha value is -1.88. The summed E-state index contributed by atoms with van der Waals surface area (Å²) in [6.07, 6.45) is 2.22. The maximum Gasteiger partial charge on any atom is 0.303 e. The fraction of sp³-hybridized carbons (Fsp3) is 0.529. The lowest BCUT2D eigenvalue weighted by molar-refractivity contribution is -0.151. The number of rotatable bonds is 1. The van der Waals surface area contributed by atoms with Gasteiger partial charge in [-0.1, -0.05) is 13.8 Å². The van der Waals surface area contributed by atoms with E-state index in [1.165, 1.54) is 6.92 Å². The molecule has 0 amide bonds. The summed E-state index contributed by atoms with van der Waals surface area (Å²) < 4.78 is 11.1. The van der Waals surface area contributed by atoms with Gasteiger partial charge in [0.25, 0.3) is 0 Å². The van der Waals surface area contributed by atoms with Crippen molar-refractivity contribution in [2.24, 2.45) is 11.3 Å². The van der Waals surface area contributed by atoms with Gasteiger partial charge >= 0.3 is 5.97 Å². The van der Waals surface area contributed by atoms with Gasteiger partial charge in [-0.15, -0.1) is 0 Å². The standard InChI is InChI=1S/C17H20O5/c1-8-5-12(19)6-11-7-13-14(9(2)16(20)22-13)15(17(8,11)4)21-10(3)18/h6-8,15-16,20H,5H2,1-4H3/t8-,15+,16?,17+/m0/s1. The molecule has 5 heteroatoms. The van der Waals surface area contributed by atoms with E-state index in [0.29, 0.717) is 17.8 Å². The molecule has 0 aromatic rings. The van der Waals surface area contributed by atoms with Crippen LogP contribution in [0.15, 0.2) is 34.6 Å². The fourth-order valence-electron chi connectivity index (χ4n) is 3.63. The first-order valence-corrected chi connectivity index (χ1v) is 7.44. The Morgan fingerprint density at radius 1 is 1.45 bits per heavy atom. The Bertz CT molecular complexity index is 654. The molecule has 1 N–H and O–H groups in total. The van der Waals surface area contributed by atoms with Crippen LogP contribution in [-0.2, 0) is 19.1 Å². The molecule has 0 radical (unpaired) electrons. The first kappa shape index (κ1) is 15.0. The number of carbonyl (C=O) groups is 2. The molecule has 2 aliphatic carbocycles. The molecule has 0 aromatic carbocycles. The molecule has 4 atom stereocenters. The van der Waals surface area contributed by atoms with Gasteiger partial charge in [0.1, 0.15) is 11.9 Å². The van der Waals surface area contributed by atoms with Crippen molar-refractivity contribution >= 4 is 11.8 Å². The fourth-order valence-corrected chi connectivity index (χ4v) is 3.63. The molecule has 5 nitrogen and oxygen atoms in total. The molecule has 3 aliphatic rings. The number of fused-ring (bicyclic) bond motifs is 2. The molecule has 0 aromatic heterocycles. The number of ketones is 1. The van der Waals surface area contributed by atoms with E-state index in [2.05, 4.69) is 0 Å². The first-order chi connectivity index (χ1) is 10.2. The van der Waals surface area contributed by atoms with E-state index in [0.717, 1.165) is 11.1 Å². The summed E-state index contributed by atoms with van der Waals surface area (Å²) in [6.45, 7) is 7.13. The van der Waals surface area contributed by atoms with Crippen LogP contribution < -0.4 is 0 Å². The van der Waals surface area contributed by atoms with E-state index in [1.807, 2.05) is 13.8 Å². The van der Waals surface area contributed by atoms with Gasteiger partial charge in [-0.25, -0.2) is 0 Å². The van der Waals surface area contributed by atoms with Crippen molar-refractivity contribution in [3.63, 3.8) is 0 Å². The normalized spacial score (nSPS) is 37.0. The number of aliphatic hydroxyl groups is 1. The maximum absolute atomic E-state index is 11.9. The van der Waals surface area contributed by atoms with Crippen LogP contribution in [0.5, 0.6) is 0 Å². The second kappa shape index (κ2) is 4.81. The van der Waals surface area contributed by atoms with Crippen LogP contribution in [0.3, 0.4) is 0 Å². The average Bonchev–Trinajstić information content (AvgIpc) is 2.68. The maximum atomic E-state index is 11.9. The lowest BCUT2D eigenvalue weighted by Gasteiger charge is -2.47. The minimum atomic E-state index is -1.03. The lowest BCUT2D eigenvalue weighted by atomic mass is 9.59. The van der Waals surface area contributed by atoms with Gasteiger partial charge < -0.3 is 14.6 Å². The number of allylic oxidation sites excluding steroid dienone is 2. The molecule has 0 bridgehead atoms. The van der Waals surface area contributed by atoms with Gasteiger partial charge in [0.05, 0.1) is 0 Å². The third kappa shape index (κ3) is 1.96. The molecule has 0 saturated heterocycles. The summed E-state index contributed by atoms with van der Waals surface area (Å²) in [6, 6.07) is 0. The van der Waals surface area contributed by atoms with E-state index in [-0.39, 0.29) is 11.7 Å². The summed E-state index contributed by atoms with van der Waals surface area (Å²) in [7, 11) is 0. The molecule has 0 spiro atoms. The minimum Gasteiger partial charge on any atom is -0.461 e. The largest absolute Gasteiger partial charge is 0.461 e. The monoisotopic (exact) mass is 304 g/mol. The van der Waals surface area contributed by atoms with Crippen LogP contribution in [0.2, 0.25) is 0 Å². The van der Waals surface area contributed by atoms with Crippen LogP contribution >= 0.6 is 0 Å². The van der Waals surface area contributed by atoms with Crippen molar-refractivity contribution in [1.29, 1.82) is 0 Å². The van der Waals surface area contributed by atoms with Crippen molar-refractivity contribution in [2.45, 2.75) is 46.5 Å². The highest BCUT2D eigenvalue weighted by molar-refractivity contribution is 5.93. The summed E-state index contributed by atoms with van der Waals surface area (Å²) in [4.78, 5) is 23.5. The zero-order valence-corrected chi connectivity index (χ0v) is 13.2. The summed E-state index contributed by atoms with van der Waals surface area (Å²) in [5.41, 5.74) is 1.67. The Kier molecular flexibility index (Phi) is 3.29. The quantitative estimate of drug-likeness (QED) is 0.750. The second-order valence-corrected chi connectivity index (χ2v) is 6.52. The van der Waals surface area contributed by atoms with Gasteiger partial charge in [0, 0.05) is 29.9 Å². The van der Waals surface area contributed by atoms with Crippen LogP contribution in [0.4, 0.5) is 0 Å². The Morgan fingerprint density at radius 3 is 2.77 bits per heavy atom. The summed E-state index contributed by atoms with van der Waals surface area (Å²) in [5, 5.41) is 9.97. The zero-order chi connectivity index (χ0) is 16.2. The number of aliphatic hydroxyl groups excluding tert-OH is 1. The predicted molar refractivity (Wildman–Crippen MR) is 78.4 cm³/mol. The molecule has 1 unspecified atom stereocenters. The van der Waals surface area contributed by atoms with Crippen LogP contribution in [0.25, 0.3) is 0 Å². The SMILES string of the molecule is CC(=O)O[C@@H]1C2=C(C)C(O)OC2=CC2=CC(=O)C[C@H](C)[C@]21C. The smallest absolute Gasteiger partial charge is 0.303 e. The molecule has 1 aliphatic heterocycles. The van der Waals surface area contributed by atoms with Crippen LogP contribution in [0.1, 0.15) is 34.1 Å². The molecule has 0 fully saturated rings. The number of carbonyl (C=O) groups excluding carboxylic acids is 2. The van der Waals surface area contributed by atoms with Crippen molar-refractivity contribution in [3.05, 3.63) is 34.6 Å². The van der Waals surface area contributed by atoms with E-state index in [9.17, 15) is 14.7 Å². The van der Waals surface area contributed by atoms with E-state index in [1.54, 1.807) is 19.1 Å². The average molecular weight is 304 g/mol. The number of esters is 1. The lowest BCUT2D eigenvalue weighted by Crippen LogP contribution is -2.48. The molecular formula is C17H20O5. The Balaban J connectivity index is 2.23. The third-order valence-corrected chi connectivity index (χ3v) is 5.15. The Labute approximate surface area is 129 Å². The highest BCUT2D eigenvalue weighted by atomic mass is 16.6. The molecule has 3 rings (SSSR count). The first-order valence-electron chi connectivity index (χ1n) is 7.44. The molecule has 118 valence electrons. The molecule has 22 heavy (non-hydrogen) atoms. The molecular weight excluding hydrogens is 284 g/mol. The highest BCUT2D eigenvalue weighted by Gasteiger charge is 2.54.